The molecule has 0 fully saturated rings. The van der Waals surface area contributed by atoms with E-state index in [1.54, 1.807) is 30.5 Å². The lowest BCUT2D eigenvalue weighted by Crippen LogP contribution is -2.08. The van der Waals surface area contributed by atoms with Crippen molar-refractivity contribution in [2.24, 2.45) is 0 Å². The molecule has 0 radical (unpaired) electrons. The molecule has 2 rings (SSSR count). The SMILES string of the molecule is CC(C)Oc1cncc(C(=O)c2cccc(Br)c2Cl)c1. The second-order valence-electron chi connectivity index (χ2n) is 4.51. The highest BCUT2D eigenvalue weighted by atomic mass is 79.9. The fourth-order valence-corrected chi connectivity index (χ4v) is 2.29. The molecule has 0 unspecified atom stereocenters. The topological polar surface area (TPSA) is 39.2 Å². The van der Waals surface area contributed by atoms with E-state index in [1.807, 2.05) is 13.8 Å². The maximum absolute atomic E-state index is 12.5. The van der Waals surface area contributed by atoms with Crippen LogP contribution in [0.5, 0.6) is 5.75 Å². The zero-order valence-corrected chi connectivity index (χ0v) is 13.4. The van der Waals surface area contributed by atoms with E-state index < -0.39 is 0 Å². The summed E-state index contributed by atoms with van der Waals surface area (Å²) in [4.78, 5) is 16.5. The van der Waals surface area contributed by atoms with Gasteiger partial charge in [0.2, 0.25) is 0 Å². The molecule has 0 saturated heterocycles. The van der Waals surface area contributed by atoms with Crippen LogP contribution in [0.2, 0.25) is 5.02 Å². The maximum Gasteiger partial charge on any atom is 0.196 e. The van der Waals surface area contributed by atoms with Gasteiger partial charge in [-0.15, -0.1) is 0 Å². The molecular weight excluding hydrogens is 342 g/mol. The quantitative estimate of drug-likeness (QED) is 0.758. The number of hydrogen-bond acceptors (Lipinski definition) is 3. The Bertz CT molecular complexity index is 644. The van der Waals surface area contributed by atoms with Gasteiger partial charge in [-0.05, 0) is 48.0 Å². The summed E-state index contributed by atoms with van der Waals surface area (Å²) in [7, 11) is 0. The van der Waals surface area contributed by atoms with Crippen molar-refractivity contribution in [3.63, 3.8) is 0 Å². The summed E-state index contributed by atoms with van der Waals surface area (Å²) in [5.74, 6) is 0.384. The summed E-state index contributed by atoms with van der Waals surface area (Å²) < 4.78 is 6.23. The van der Waals surface area contributed by atoms with Gasteiger partial charge in [0, 0.05) is 21.8 Å². The summed E-state index contributed by atoms with van der Waals surface area (Å²) in [6.45, 7) is 3.83. The van der Waals surface area contributed by atoms with Gasteiger partial charge < -0.3 is 4.74 Å². The Morgan fingerprint density at radius 1 is 1.35 bits per heavy atom. The van der Waals surface area contributed by atoms with E-state index in [0.29, 0.717) is 26.4 Å². The van der Waals surface area contributed by atoms with E-state index in [-0.39, 0.29) is 11.9 Å². The van der Waals surface area contributed by atoms with Crippen molar-refractivity contribution >= 4 is 33.3 Å². The summed E-state index contributed by atoms with van der Waals surface area (Å²) in [5.41, 5.74) is 0.882. The number of rotatable bonds is 4. The molecule has 20 heavy (non-hydrogen) atoms. The van der Waals surface area contributed by atoms with Crippen LogP contribution in [0.25, 0.3) is 0 Å². The van der Waals surface area contributed by atoms with E-state index >= 15 is 0 Å². The number of halogens is 2. The average Bonchev–Trinajstić information content (AvgIpc) is 2.41. The molecule has 0 saturated carbocycles. The predicted octanol–water partition coefficient (Wildman–Crippen LogP) is 4.52. The van der Waals surface area contributed by atoms with Crippen molar-refractivity contribution < 1.29 is 9.53 Å². The molecule has 0 amide bonds. The van der Waals surface area contributed by atoms with Crippen LogP contribution in [0.1, 0.15) is 29.8 Å². The van der Waals surface area contributed by atoms with E-state index in [1.165, 1.54) is 6.20 Å². The lowest BCUT2D eigenvalue weighted by Gasteiger charge is -2.10. The molecule has 0 aliphatic heterocycles. The monoisotopic (exact) mass is 353 g/mol. The number of carbonyl (C=O) groups excluding carboxylic acids is 1. The molecule has 5 heteroatoms. The van der Waals surface area contributed by atoms with Gasteiger partial charge in [-0.2, -0.15) is 0 Å². The summed E-state index contributed by atoms with van der Waals surface area (Å²) in [5, 5.41) is 0.396. The minimum absolute atomic E-state index is 0.0246. The number of pyridine rings is 1. The van der Waals surface area contributed by atoms with E-state index in [0.717, 1.165) is 0 Å². The van der Waals surface area contributed by atoms with Crippen LogP contribution >= 0.6 is 27.5 Å². The molecule has 1 aromatic heterocycles. The summed E-state index contributed by atoms with van der Waals surface area (Å²) >= 11 is 9.45. The first-order chi connectivity index (χ1) is 9.49. The predicted molar refractivity (Wildman–Crippen MR) is 82.6 cm³/mol. The average molecular weight is 355 g/mol. The Labute approximate surface area is 131 Å². The van der Waals surface area contributed by atoms with Crippen LogP contribution in [0.3, 0.4) is 0 Å². The van der Waals surface area contributed by atoms with Crippen molar-refractivity contribution in [2.75, 3.05) is 0 Å². The molecular formula is C15H13BrClNO2. The number of nitrogens with zero attached hydrogens (tertiary/aromatic N) is 1. The molecule has 0 aliphatic carbocycles. The molecule has 104 valence electrons. The number of aromatic nitrogens is 1. The Morgan fingerprint density at radius 3 is 2.80 bits per heavy atom. The number of hydrogen-bond donors (Lipinski definition) is 0. The molecule has 3 nitrogen and oxygen atoms in total. The Balaban J connectivity index is 2.36. The molecule has 1 heterocycles. The second-order valence-corrected chi connectivity index (χ2v) is 5.74. The first-order valence-corrected chi connectivity index (χ1v) is 7.26. The second kappa shape index (κ2) is 6.37. The van der Waals surface area contributed by atoms with Crippen LogP contribution in [-0.2, 0) is 0 Å². The Hall–Kier alpha value is -1.39. The first-order valence-electron chi connectivity index (χ1n) is 6.09. The number of carbonyl (C=O) groups is 1. The van der Waals surface area contributed by atoms with Gasteiger partial charge in [-0.3, -0.25) is 9.78 Å². The molecule has 0 aliphatic rings. The number of ether oxygens (including phenoxy) is 1. The summed E-state index contributed by atoms with van der Waals surface area (Å²) in [6, 6.07) is 6.92. The smallest absolute Gasteiger partial charge is 0.196 e. The van der Waals surface area contributed by atoms with Crippen molar-refractivity contribution in [1.82, 2.24) is 4.98 Å². The third kappa shape index (κ3) is 3.38. The van der Waals surface area contributed by atoms with Gasteiger partial charge in [0.25, 0.3) is 0 Å². The highest BCUT2D eigenvalue weighted by Crippen LogP contribution is 2.28. The molecule has 2 aromatic rings. The lowest BCUT2D eigenvalue weighted by molar-refractivity contribution is 0.103. The van der Waals surface area contributed by atoms with Crippen LogP contribution in [0, 0.1) is 0 Å². The minimum Gasteiger partial charge on any atom is -0.489 e. The van der Waals surface area contributed by atoms with Gasteiger partial charge >= 0.3 is 0 Å². The number of ketones is 1. The first kappa shape index (κ1) is 15.0. The minimum atomic E-state index is -0.182. The zero-order valence-electron chi connectivity index (χ0n) is 11.1. The van der Waals surface area contributed by atoms with Crippen molar-refractivity contribution in [1.29, 1.82) is 0 Å². The van der Waals surface area contributed by atoms with E-state index in [4.69, 9.17) is 16.3 Å². The molecule has 0 atom stereocenters. The van der Waals surface area contributed by atoms with Crippen LogP contribution < -0.4 is 4.74 Å². The molecule has 0 bridgehead atoms. The highest BCUT2D eigenvalue weighted by molar-refractivity contribution is 9.10. The molecule has 1 aromatic carbocycles. The Kier molecular flexibility index (Phi) is 4.78. The van der Waals surface area contributed by atoms with Gasteiger partial charge in [-0.1, -0.05) is 17.7 Å². The molecule has 0 N–H and O–H groups in total. The van der Waals surface area contributed by atoms with Gasteiger partial charge in [0.15, 0.2) is 5.78 Å². The fourth-order valence-electron chi connectivity index (χ4n) is 1.71. The van der Waals surface area contributed by atoms with E-state index in [9.17, 15) is 4.79 Å². The van der Waals surface area contributed by atoms with Crippen molar-refractivity contribution in [2.45, 2.75) is 20.0 Å². The standard InChI is InChI=1S/C15H13BrClNO2/c1-9(2)20-11-6-10(7-18-8-11)15(19)12-4-3-5-13(16)14(12)17/h3-9H,1-2H3. The number of benzene rings is 1. The third-order valence-electron chi connectivity index (χ3n) is 2.54. The van der Waals surface area contributed by atoms with Crippen LogP contribution in [-0.4, -0.2) is 16.9 Å². The van der Waals surface area contributed by atoms with Gasteiger partial charge in [0.1, 0.15) is 5.75 Å². The zero-order chi connectivity index (χ0) is 14.7. The van der Waals surface area contributed by atoms with Gasteiger partial charge in [0.05, 0.1) is 17.3 Å². The van der Waals surface area contributed by atoms with Crippen LogP contribution in [0.15, 0.2) is 41.1 Å². The van der Waals surface area contributed by atoms with Crippen molar-refractivity contribution in [3.8, 4) is 5.75 Å². The van der Waals surface area contributed by atoms with Gasteiger partial charge in [-0.25, -0.2) is 0 Å². The highest BCUT2D eigenvalue weighted by Gasteiger charge is 2.15. The molecule has 0 spiro atoms. The van der Waals surface area contributed by atoms with Crippen LogP contribution in [0.4, 0.5) is 0 Å². The third-order valence-corrected chi connectivity index (χ3v) is 3.84. The largest absolute Gasteiger partial charge is 0.489 e. The summed E-state index contributed by atoms with van der Waals surface area (Å²) in [6.07, 6.45) is 3.11. The normalized spacial score (nSPS) is 10.7. The Morgan fingerprint density at radius 2 is 2.10 bits per heavy atom. The van der Waals surface area contributed by atoms with E-state index in [2.05, 4.69) is 20.9 Å². The lowest BCUT2D eigenvalue weighted by atomic mass is 10.1. The fraction of sp³-hybridized carbons (Fsp3) is 0.200. The van der Waals surface area contributed by atoms with Crippen molar-refractivity contribution in [3.05, 3.63) is 57.3 Å². The maximum atomic E-state index is 12.5.